The highest BCUT2D eigenvalue weighted by Crippen LogP contribution is 2.39. The maximum atomic E-state index is 6.51. The first-order valence-electron chi connectivity index (χ1n) is 10.4. The third-order valence-corrected chi connectivity index (χ3v) is 5.80. The number of rotatable bonds is 3. The van der Waals surface area contributed by atoms with Gasteiger partial charge in [0.2, 0.25) is 0 Å². The van der Waals surface area contributed by atoms with Crippen molar-refractivity contribution in [1.82, 2.24) is 4.98 Å². The Balaban J connectivity index is 1.52. The van der Waals surface area contributed by atoms with Crippen LogP contribution in [-0.4, -0.2) is 4.98 Å². The second-order valence-electron chi connectivity index (χ2n) is 7.65. The highest BCUT2D eigenvalue weighted by molar-refractivity contribution is 6.12. The SMILES string of the molecule is c1ccc(-c2ccc(-c3cccc4c3oc3c(-c5cccnc5)cccc34)cc2)cc1. The molecule has 0 spiro atoms. The number of nitrogens with zero attached hydrogens (tertiary/aromatic N) is 1. The molecular formula is C29H19NO. The molecule has 0 aliphatic carbocycles. The zero-order chi connectivity index (χ0) is 20.6. The molecule has 2 nitrogen and oxygen atoms in total. The molecule has 0 N–H and O–H groups in total. The van der Waals surface area contributed by atoms with Gasteiger partial charge in [0.25, 0.3) is 0 Å². The molecule has 2 heteroatoms. The van der Waals surface area contributed by atoms with E-state index in [2.05, 4.69) is 96.0 Å². The molecule has 2 heterocycles. The monoisotopic (exact) mass is 397 g/mol. The van der Waals surface area contributed by atoms with E-state index in [1.807, 2.05) is 18.3 Å². The first kappa shape index (κ1) is 17.7. The summed E-state index contributed by atoms with van der Waals surface area (Å²) in [5, 5.41) is 2.25. The van der Waals surface area contributed by atoms with E-state index in [1.54, 1.807) is 6.20 Å². The summed E-state index contributed by atoms with van der Waals surface area (Å²) < 4.78 is 6.51. The summed E-state index contributed by atoms with van der Waals surface area (Å²) in [6, 6.07) is 35.8. The van der Waals surface area contributed by atoms with E-state index >= 15 is 0 Å². The van der Waals surface area contributed by atoms with E-state index in [1.165, 1.54) is 11.1 Å². The van der Waals surface area contributed by atoms with Gasteiger partial charge in [0.15, 0.2) is 0 Å². The largest absolute Gasteiger partial charge is 0.455 e. The molecule has 0 atom stereocenters. The molecule has 6 aromatic rings. The Morgan fingerprint density at radius 3 is 1.68 bits per heavy atom. The Labute approximate surface area is 180 Å². The summed E-state index contributed by atoms with van der Waals surface area (Å²) in [7, 11) is 0. The number of pyridine rings is 1. The zero-order valence-corrected chi connectivity index (χ0v) is 16.8. The van der Waals surface area contributed by atoms with Crippen LogP contribution in [0.4, 0.5) is 0 Å². The molecule has 0 amide bonds. The molecule has 0 fully saturated rings. The molecular weight excluding hydrogens is 378 g/mol. The maximum Gasteiger partial charge on any atom is 0.143 e. The van der Waals surface area contributed by atoms with E-state index in [0.717, 1.165) is 44.2 Å². The highest BCUT2D eigenvalue weighted by atomic mass is 16.3. The van der Waals surface area contributed by atoms with Gasteiger partial charge < -0.3 is 4.42 Å². The molecule has 0 saturated heterocycles. The van der Waals surface area contributed by atoms with Crippen LogP contribution in [0.2, 0.25) is 0 Å². The normalized spacial score (nSPS) is 11.2. The van der Waals surface area contributed by atoms with Crippen molar-refractivity contribution in [3.05, 3.63) is 116 Å². The van der Waals surface area contributed by atoms with Crippen molar-refractivity contribution in [2.24, 2.45) is 0 Å². The van der Waals surface area contributed by atoms with Crippen molar-refractivity contribution in [3.8, 4) is 33.4 Å². The lowest BCUT2D eigenvalue weighted by Crippen LogP contribution is -1.81. The van der Waals surface area contributed by atoms with Crippen LogP contribution in [0.1, 0.15) is 0 Å². The third kappa shape index (κ3) is 3.01. The van der Waals surface area contributed by atoms with Gasteiger partial charge in [0.05, 0.1) is 0 Å². The molecule has 0 aliphatic rings. The fourth-order valence-corrected chi connectivity index (χ4v) is 4.27. The van der Waals surface area contributed by atoms with E-state index in [0.29, 0.717) is 0 Å². The molecule has 0 aliphatic heterocycles. The number of aromatic nitrogens is 1. The van der Waals surface area contributed by atoms with Crippen LogP contribution >= 0.6 is 0 Å². The average Bonchev–Trinajstić information content (AvgIpc) is 3.24. The standard InChI is InChI=1S/C29H19NO/c1-2-7-20(8-3-1)21-14-16-22(17-15-21)24-10-4-12-26-27-13-5-11-25(29(27)31-28(24)26)23-9-6-18-30-19-23/h1-19H. The minimum Gasteiger partial charge on any atom is -0.455 e. The van der Waals surface area contributed by atoms with E-state index in [4.69, 9.17) is 4.42 Å². The highest BCUT2D eigenvalue weighted by Gasteiger charge is 2.15. The number of furan rings is 1. The fourth-order valence-electron chi connectivity index (χ4n) is 4.27. The topological polar surface area (TPSA) is 26.0 Å². The molecule has 0 unspecified atom stereocenters. The molecule has 0 bridgehead atoms. The predicted molar refractivity (Wildman–Crippen MR) is 128 cm³/mol. The van der Waals surface area contributed by atoms with Crippen LogP contribution in [0, 0.1) is 0 Å². The first-order valence-corrected chi connectivity index (χ1v) is 10.4. The Hall–Kier alpha value is -4.17. The van der Waals surface area contributed by atoms with Crippen LogP contribution in [0.25, 0.3) is 55.3 Å². The quantitative estimate of drug-likeness (QED) is 0.302. The van der Waals surface area contributed by atoms with Gasteiger partial charge in [-0.25, -0.2) is 0 Å². The number of hydrogen-bond donors (Lipinski definition) is 0. The Morgan fingerprint density at radius 2 is 1.03 bits per heavy atom. The number of para-hydroxylation sites is 2. The summed E-state index contributed by atoms with van der Waals surface area (Å²) in [6.07, 6.45) is 3.67. The summed E-state index contributed by atoms with van der Waals surface area (Å²) in [5.41, 5.74) is 8.61. The van der Waals surface area contributed by atoms with Gasteiger partial charge in [-0.15, -0.1) is 0 Å². The molecule has 4 aromatic carbocycles. The van der Waals surface area contributed by atoms with Crippen molar-refractivity contribution in [2.45, 2.75) is 0 Å². The van der Waals surface area contributed by atoms with Gasteiger partial charge in [-0.3, -0.25) is 4.98 Å². The minimum absolute atomic E-state index is 0.902. The molecule has 0 saturated carbocycles. The van der Waals surface area contributed by atoms with Crippen molar-refractivity contribution in [3.63, 3.8) is 0 Å². The van der Waals surface area contributed by atoms with Gasteiger partial charge in [0, 0.05) is 39.9 Å². The maximum absolute atomic E-state index is 6.51. The van der Waals surface area contributed by atoms with Crippen LogP contribution in [0.3, 0.4) is 0 Å². The van der Waals surface area contributed by atoms with E-state index in [-0.39, 0.29) is 0 Å². The van der Waals surface area contributed by atoms with Crippen LogP contribution in [-0.2, 0) is 0 Å². The van der Waals surface area contributed by atoms with Crippen molar-refractivity contribution < 1.29 is 4.42 Å². The summed E-state index contributed by atoms with van der Waals surface area (Å²) >= 11 is 0. The third-order valence-electron chi connectivity index (χ3n) is 5.80. The van der Waals surface area contributed by atoms with Crippen LogP contribution < -0.4 is 0 Å². The Morgan fingerprint density at radius 1 is 0.452 bits per heavy atom. The molecule has 2 aromatic heterocycles. The van der Waals surface area contributed by atoms with Crippen LogP contribution in [0.5, 0.6) is 0 Å². The predicted octanol–water partition coefficient (Wildman–Crippen LogP) is 7.98. The van der Waals surface area contributed by atoms with E-state index in [9.17, 15) is 0 Å². The Bertz CT molecular complexity index is 1500. The van der Waals surface area contributed by atoms with Gasteiger partial charge in [-0.2, -0.15) is 0 Å². The van der Waals surface area contributed by atoms with Gasteiger partial charge in [-0.1, -0.05) is 97.1 Å². The summed E-state index contributed by atoms with van der Waals surface area (Å²) in [6.45, 7) is 0. The summed E-state index contributed by atoms with van der Waals surface area (Å²) in [5.74, 6) is 0. The Kier molecular flexibility index (Phi) is 4.14. The molecule has 31 heavy (non-hydrogen) atoms. The smallest absolute Gasteiger partial charge is 0.143 e. The lowest BCUT2D eigenvalue weighted by atomic mass is 9.98. The van der Waals surface area contributed by atoms with Crippen LogP contribution in [0.15, 0.2) is 120 Å². The first-order chi connectivity index (χ1) is 15.4. The van der Waals surface area contributed by atoms with Gasteiger partial charge in [0.1, 0.15) is 11.2 Å². The summed E-state index contributed by atoms with van der Waals surface area (Å²) in [4.78, 5) is 4.28. The molecule has 146 valence electrons. The molecule has 6 rings (SSSR count). The van der Waals surface area contributed by atoms with Crippen molar-refractivity contribution >= 4 is 21.9 Å². The second-order valence-corrected chi connectivity index (χ2v) is 7.65. The van der Waals surface area contributed by atoms with Gasteiger partial charge >= 0.3 is 0 Å². The lowest BCUT2D eigenvalue weighted by molar-refractivity contribution is 0.671. The molecule has 0 radical (unpaired) electrons. The number of fused-ring (bicyclic) bond motifs is 3. The number of hydrogen-bond acceptors (Lipinski definition) is 2. The second kappa shape index (κ2) is 7.26. The fraction of sp³-hybridized carbons (Fsp3) is 0. The lowest BCUT2D eigenvalue weighted by Gasteiger charge is -2.05. The number of benzene rings is 4. The van der Waals surface area contributed by atoms with Crippen molar-refractivity contribution in [2.75, 3.05) is 0 Å². The zero-order valence-electron chi connectivity index (χ0n) is 16.8. The average molecular weight is 397 g/mol. The van der Waals surface area contributed by atoms with Crippen molar-refractivity contribution in [1.29, 1.82) is 0 Å². The van der Waals surface area contributed by atoms with Gasteiger partial charge in [-0.05, 0) is 22.8 Å². The van der Waals surface area contributed by atoms with E-state index < -0.39 is 0 Å². The minimum atomic E-state index is 0.902.